The summed E-state index contributed by atoms with van der Waals surface area (Å²) in [6.45, 7) is 4.57. The summed E-state index contributed by atoms with van der Waals surface area (Å²) in [7, 11) is 3.57. The minimum atomic E-state index is 0.162. The van der Waals surface area contributed by atoms with Crippen molar-refractivity contribution in [2.45, 2.75) is 19.9 Å². The summed E-state index contributed by atoms with van der Waals surface area (Å²) in [4.78, 5) is 15.4. The topological polar surface area (TPSA) is 49.6 Å². The largest absolute Gasteiger partial charge is 0.398 e. The van der Waals surface area contributed by atoms with Crippen molar-refractivity contribution in [3.05, 3.63) is 29.8 Å². The molecular formula is C14H23N3O. The van der Waals surface area contributed by atoms with Crippen molar-refractivity contribution < 1.29 is 4.79 Å². The molecule has 1 amide bonds. The predicted molar refractivity (Wildman–Crippen MR) is 75.1 cm³/mol. The number of anilines is 1. The molecule has 0 bridgehead atoms. The third kappa shape index (κ3) is 4.37. The zero-order chi connectivity index (χ0) is 13.5. The molecular weight excluding hydrogens is 226 g/mol. The maximum absolute atomic E-state index is 11.6. The molecule has 4 heteroatoms. The van der Waals surface area contributed by atoms with Gasteiger partial charge in [0.15, 0.2) is 0 Å². The first-order valence-electron chi connectivity index (χ1n) is 6.30. The standard InChI is InChI=1S/C14H23N3O/c1-4-17(10-9-14(18)16(2)3)11-12-7-5-6-8-13(12)15/h5-8H,4,9-11,15H2,1-3H3. The molecule has 100 valence electrons. The van der Waals surface area contributed by atoms with Crippen LogP contribution in [0.5, 0.6) is 0 Å². The van der Waals surface area contributed by atoms with E-state index in [0.29, 0.717) is 6.42 Å². The fourth-order valence-corrected chi connectivity index (χ4v) is 1.75. The zero-order valence-corrected chi connectivity index (χ0v) is 11.5. The molecule has 0 aliphatic carbocycles. The molecule has 2 N–H and O–H groups in total. The summed E-state index contributed by atoms with van der Waals surface area (Å²) in [6, 6.07) is 7.87. The van der Waals surface area contributed by atoms with Crippen molar-refractivity contribution in [3.63, 3.8) is 0 Å². The number of amides is 1. The van der Waals surface area contributed by atoms with E-state index in [1.165, 1.54) is 0 Å². The summed E-state index contributed by atoms with van der Waals surface area (Å²) in [5.74, 6) is 0.162. The molecule has 1 aromatic carbocycles. The van der Waals surface area contributed by atoms with Crippen molar-refractivity contribution in [3.8, 4) is 0 Å². The molecule has 0 heterocycles. The van der Waals surface area contributed by atoms with Crippen LogP contribution < -0.4 is 5.73 Å². The lowest BCUT2D eigenvalue weighted by atomic mass is 10.1. The zero-order valence-electron chi connectivity index (χ0n) is 11.5. The van der Waals surface area contributed by atoms with Gasteiger partial charge in [-0.2, -0.15) is 0 Å². The Morgan fingerprint density at radius 3 is 2.50 bits per heavy atom. The summed E-state index contributed by atoms with van der Waals surface area (Å²) in [6.07, 6.45) is 0.549. The van der Waals surface area contributed by atoms with Gasteiger partial charge in [0.2, 0.25) is 5.91 Å². The third-order valence-corrected chi connectivity index (χ3v) is 3.04. The Morgan fingerprint density at radius 2 is 1.94 bits per heavy atom. The van der Waals surface area contributed by atoms with Gasteiger partial charge >= 0.3 is 0 Å². The first kappa shape index (κ1) is 14.5. The first-order valence-corrected chi connectivity index (χ1v) is 6.30. The molecule has 1 aromatic rings. The van der Waals surface area contributed by atoms with E-state index < -0.39 is 0 Å². The van der Waals surface area contributed by atoms with Gasteiger partial charge in [-0.1, -0.05) is 25.1 Å². The lowest BCUT2D eigenvalue weighted by molar-refractivity contribution is -0.129. The first-order chi connectivity index (χ1) is 8.54. The van der Waals surface area contributed by atoms with Crippen LogP contribution in [0.4, 0.5) is 5.69 Å². The normalized spacial score (nSPS) is 10.7. The number of nitrogens with zero attached hydrogens (tertiary/aromatic N) is 2. The molecule has 18 heavy (non-hydrogen) atoms. The molecule has 0 saturated heterocycles. The third-order valence-electron chi connectivity index (χ3n) is 3.04. The van der Waals surface area contributed by atoms with Crippen LogP contribution in [-0.2, 0) is 11.3 Å². The predicted octanol–water partition coefficient (Wildman–Crippen LogP) is 1.57. The Labute approximate surface area is 109 Å². The maximum Gasteiger partial charge on any atom is 0.223 e. The van der Waals surface area contributed by atoms with Gasteiger partial charge in [-0.05, 0) is 18.2 Å². The van der Waals surface area contributed by atoms with Gasteiger partial charge in [-0.25, -0.2) is 0 Å². The van der Waals surface area contributed by atoms with E-state index in [0.717, 1.165) is 30.9 Å². The van der Waals surface area contributed by atoms with E-state index in [1.54, 1.807) is 19.0 Å². The van der Waals surface area contributed by atoms with E-state index in [-0.39, 0.29) is 5.91 Å². The van der Waals surface area contributed by atoms with Crippen LogP contribution in [0, 0.1) is 0 Å². The summed E-state index contributed by atoms with van der Waals surface area (Å²) in [5.41, 5.74) is 7.86. The van der Waals surface area contributed by atoms with Crippen molar-refractivity contribution in [1.29, 1.82) is 0 Å². The number of hydrogen-bond donors (Lipinski definition) is 1. The van der Waals surface area contributed by atoms with Crippen molar-refractivity contribution in [1.82, 2.24) is 9.80 Å². The van der Waals surface area contributed by atoms with Crippen LogP contribution >= 0.6 is 0 Å². The number of hydrogen-bond acceptors (Lipinski definition) is 3. The Morgan fingerprint density at radius 1 is 1.28 bits per heavy atom. The van der Waals surface area contributed by atoms with Gasteiger partial charge in [0.05, 0.1) is 0 Å². The highest BCUT2D eigenvalue weighted by atomic mass is 16.2. The Balaban J connectivity index is 2.52. The summed E-state index contributed by atoms with van der Waals surface area (Å²) >= 11 is 0. The molecule has 0 aliphatic heterocycles. The second-order valence-corrected chi connectivity index (χ2v) is 4.61. The van der Waals surface area contributed by atoms with Gasteiger partial charge in [0.1, 0.15) is 0 Å². The molecule has 0 unspecified atom stereocenters. The maximum atomic E-state index is 11.6. The number of nitrogens with two attached hydrogens (primary N) is 1. The average Bonchev–Trinajstić information content (AvgIpc) is 2.36. The van der Waals surface area contributed by atoms with Crippen molar-refractivity contribution >= 4 is 11.6 Å². The molecule has 4 nitrogen and oxygen atoms in total. The highest BCUT2D eigenvalue weighted by Gasteiger charge is 2.09. The molecule has 1 rings (SSSR count). The number of carbonyl (C=O) groups excluding carboxylic acids is 1. The van der Waals surface area contributed by atoms with Crippen LogP contribution in [0.2, 0.25) is 0 Å². The molecule has 0 saturated carbocycles. The Kier molecular flexibility index (Phi) is 5.65. The highest BCUT2D eigenvalue weighted by Crippen LogP contribution is 2.13. The van der Waals surface area contributed by atoms with Gasteiger partial charge in [-0.3, -0.25) is 9.69 Å². The molecule has 0 fully saturated rings. The quantitative estimate of drug-likeness (QED) is 0.779. The lowest BCUT2D eigenvalue weighted by Crippen LogP contribution is -2.30. The van der Waals surface area contributed by atoms with E-state index in [9.17, 15) is 4.79 Å². The van der Waals surface area contributed by atoms with Gasteiger partial charge in [0.25, 0.3) is 0 Å². The molecule has 0 aliphatic rings. The second-order valence-electron chi connectivity index (χ2n) is 4.61. The van der Waals surface area contributed by atoms with Crippen molar-refractivity contribution in [2.75, 3.05) is 32.9 Å². The highest BCUT2D eigenvalue weighted by molar-refractivity contribution is 5.75. The lowest BCUT2D eigenvalue weighted by Gasteiger charge is -2.22. The Hall–Kier alpha value is -1.55. The SMILES string of the molecule is CCN(CCC(=O)N(C)C)Cc1ccccc1N. The van der Waals surface area contributed by atoms with E-state index in [1.807, 2.05) is 24.3 Å². The monoisotopic (exact) mass is 249 g/mol. The number of benzene rings is 1. The number of rotatable bonds is 6. The Bertz CT molecular complexity index is 390. The van der Waals surface area contributed by atoms with E-state index in [4.69, 9.17) is 5.73 Å². The average molecular weight is 249 g/mol. The van der Waals surface area contributed by atoms with Crippen LogP contribution in [-0.4, -0.2) is 42.9 Å². The summed E-state index contributed by atoms with van der Waals surface area (Å²) < 4.78 is 0. The molecule has 0 radical (unpaired) electrons. The second kappa shape index (κ2) is 7.01. The van der Waals surface area contributed by atoms with Crippen LogP contribution in [0.15, 0.2) is 24.3 Å². The fraction of sp³-hybridized carbons (Fsp3) is 0.500. The minimum absolute atomic E-state index is 0.162. The van der Waals surface area contributed by atoms with E-state index in [2.05, 4.69) is 11.8 Å². The van der Waals surface area contributed by atoms with Crippen LogP contribution in [0.1, 0.15) is 18.9 Å². The van der Waals surface area contributed by atoms with Gasteiger partial charge in [-0.15, -0.1) is 0 Å². The number of para-hydroxylation sites is 1. The summed E-state index contributed by atoms with van der Waals surface area (Å²) in [5, 5.41) is 0. The van der Waals surface area contributed by atoms with Crippen molar-refractivity contribution in [2.24, 2.45) is 0 Å². The minimum Gasteiger partial charge on any atom is -0.398 e. The molecule has 0 spiro atoms. The van der Waals surface area contributed by atoms with Crippen LogP contribution in [0.3, 0.4) is 0 Å². The smallest absolute Gasteiger partial charge is 0.223 e. The number of carbonyl (C=O) groups is 1. The fourth-order valence-electron chi connectivity index (χ4n) is 1.75. The van der Waals surface area contributed by atoms with Gasteiger partial charge in [0, 0.05) is 39.3 Å². The van der Waals surface area contributed by atoms with Crippen LogP contribution in [0.25, 0.3) is 0 Å². The van der Waals surface area contributed by atoms with E-state index >= 15 is 0 Å². The molecule has 0 atom stereocenters. The van der Waals surface area contributed by atoms with Gasteiger partial charge < -0.3 is 10.6 Å². The molecule has 0 aromatic heterocycles. The number of nitrogen functional groups attached to an aromatic ring is 1.